The van der Waals surface area contributed by atoms with E-state index >= 15 is 0 Å². The second-order valence-corrected chi connectivity index (χ2v) is 3.84. The molecule has 92 valence electrons. The summed E-state index contributed by atoms with van der Waals surface area (Å²) >= 11 is 0. The van der Waals surface area contributed by atoms with Crippen molar-refractivity contribution in [2.45, 2.75) is 32.7 Å². The largest absolute Gasteiger partial charge is 0.480 e. The van der Waals surface area contributed by atoms with Crippen LogP contribution >= 0.6 is 0 Å². The smallest absolute Gasteiger partial charge is 0.326 e. The third-order valence-corrected chi connectivity index (χ3v) is 1.83. The molecule has 0 heterocycles. The van der Waals surface area contributed by atoms with Gasteiger partial charge >= 0.3 is 11.9 Å². The summed E-state index contributed by atoms with van der Waals surface area (Å²) in [5.41, 5.74) is 0. The van der Waals surface area contributed by atoms with E-state index in [9.17, 15) is 14.4 Å². The molecule has 16 heavy (non-hydrogen) atoms. The highest BCUT2D eigenvalue weighted by atomic mass is 16.5. The van der Waals surface area contributed by atoms with Crippen LogP contribution in [0.5, 0.6) is 0 Å². The van der Waals surface area contributed by atoms with E-state index in [4.69, 9.17) is 5.11 Å². The number of ether oxygens (including phenoxy) is 1. The summed E-state index contributed by atoms with van der Waals surface area (Å²) in [5, 5.41) is 11.1. The summed E-state index contributed by atoms with van der Waals surface area (Å²) in [7, 11) is 1.16. The monoisotopic (exact) mass is 231 g/mol. The minimum atomic E-state index is -1.25. The first-order valence-corrected chi connectivity index (χ1v) is 4.95. The van der Waals surface area contributed by atoms with Crippen molar-refractivity contribution in [3.8, 4) is 0 Å². The van der Waals surface area contributed by atoms with E-state index in [1.807, 2.05) is 13.8 Å². The Morgan fingerprint density at radius 1 is 1.25 bits per heavy atom. The molecule has 1 amide bonds. The van der Waals surface area contributed by atoms with E-state index in [1.54, 1.807) is 0 Å². The molecule has 0 fully saturated rings. The van der Waals surface area contributed by atoms with Gasteiger partial charge in [0.05, 0.1) is 13.5 Å². The molecule has 2 N–H and O–H groups in total. The molecule has 0 saturated carbocycles. The molecule has 0 spiro atoms. The average molecular weight is 231 g/mol. The maximum atomic E-state index is 11.3. The van der Waals surface area contributed by atoms with Gasteiger partial charge in [-0.15, -0.1) is 0 Å². The van der Waals surface area contributed by atoms with Gasteiger partial charge in [-0.1, -0.05) is 13.8 Å². The number of carbonyl (C=O) groups is 3. The van der Waals surface area contributed by atoms with Gasteiger partial charge in [-0.05, 0) is 5.92 Å². The molecule has 0 aliphatic carbocycles. The van der Waals surface area contributed by atoms with Gasteiger partial charge in [-0.2, -0.15) is 0 Å². The van der Waals surface area contributed by atoms with Gasteiger partial charge in [0.25, 0.3) is 0 Å². The van der Waals surface area contributed by atoms with E-state index in [0.717, 1.165) is 7.11 Å². The number of nitrogens with one attached hydrogen (secondary N) is 1. The normalized spacial score (nSPS) is 12.0. The highest BCUT2D eigenvalue weighted by Gasteiger charge is 2.23. The molecule has 0 aliphatic heterocycles. The number of hydrogen-bond acceptors (Lipinski definition) is 4. The van der Waals surface area contributed by atoms with Gasteiger partial charge in [0, 0.05) is 6.42 Å². The summed E-state index contributed by atoms with van der Waals surface area (Å²) in [6, 6.07) is -1.22. The molecule has 6 nitrogen and oxygen atoms in total. The number of amides is 1. The Kier molecular flexibility index (Phi) is 6.14. The van der Waals surface area contributed by atoms with E-state index in [-0.39, 0.29) is 24.7 Å². The van der Waals surface area contributed by atoms with Gasteiger partial charge in [0.15, 0.2) is 0 Å². The van der Waals surface area contributed by atoms with Gasteiger partial charge in [0.1, 0.15) is 6.04 Å². The Morgan fingerprint density at radius 3 is 2.19 bits per heavy atom. The van der Waals surface area contributed by atoms with Crippen molar-refractivity contribution < 1.29 is 24.2 Å². The number of esters is 1. The van der Waals surface area contributed by atoms with Crippen LogP contribution in [0.25, 0.3) is 0 Å². The lowest BCUT2D eigenvalue weighted by Gasteiger charge is -2.14. The molecular weight excluding hydrogens is 214 g/mol. The molecule has 0 saturated heterocycles. The summed E-state index contributed by atoms with van der Waals surface area (Å²) in [6.45, 7) is 3.69. The summed E-state index contributed by atoms with van der Waals surface area (Å²) in [6.07, 6.45) is -0.138. The predicted octanol–water partition coefficient (Wildman–Crippen LogP) is 0.165. The van der Waals surface area contributed by atoms with Gasteiger partial charge < -0.3 is 15.2 Å². The molecule has 0 aromatic carbocycles. The zero-order valence-corrected chi connectivity index (χ0v) is 9.65. The fraction of sp³-hybridized carbons (Fsp3) is 0.700. The molecule has 0 rings (SSSR count). The lowest BCUT2D eigenvalue weighted by Crippen LogP contribution is -2.42. The summed E-state index contributed by atoms with van der Waals surface area (Å²) in [5.74, 6) is -2.17. The fourth-order valence-corrected chi connectivity index (χ4v) is 1.07. The first-order chi connectivity index (χ1) is 7.36. The molecule has 1 atom stereocenters. The van der Waals surface area contributed by atoms with E-state index in [1.165, 1.54) is 0 Å². The Labute approximate surface area is 94.0 Å². The third-order valence-electron chi connectivity index (χ3n) is 1.83. The molecule has 0 aromatic rings. The third kappa shape index (κ3) is 6.00. The molecule has 0 unspecified atom stereocenters. The van der Waals surface area contributed by atoms with E-state index in [0.29, 0.717) is 0 Å². The molecule has 0 radical (unpaired) electrons. The van der Waals surface area contributed by atoms with Crippen LogP contribution in [-0.2, 0) is 19.1 Å². The number of rotatable bonds is 6. The fourth-order valence-electron chi connectivity index (χ4n) is 1.07. The zero-order chi connectivity index (χ0) is 12.7. The standard InChI is InChI=1S/C10H17NO5/c1-6(2)4-8(12)11-7(10(14)15)5-9(13)16-3/h6-7H,4-5H2,1-3H3,(H,11,12)(H,14,15)/t7-/m0/s1. The SMILES string of the molecule is COC(=O)C[C@H](NC(=O)CC(C)C)C(=O)O. The van der Waals surface area contributed by atoms with E-state index in [2.05, 4.69) is 10.1 Å². The lowest BCUT2D eigenvalue weighted by atomic mass is 10.1. The second-order valence-electron chi connectivity index (χ2n) is 3.84. The van der Waals surface area contributed by atoms with Crippen LogP contribution in [0.1, 0.15) is 26.7 Å². The average Bonchev–Trinajstić information content (AvgIpc) is 2.14. The van der Waals surface area contributed by atoms with Crippen molar-refractivity contribution in [2.24, 2.45) is 5.92 Å². The van der Waals surface area contributed by atoms with Crippen LogP contribution in [0.2, 0.25) is 0 Å². The Morgan fingerprint density at radius 2 is 1.81 bits per heavy atom. The first-order valence-electron chi connectivity index (χ1n) is 4.95. The van der Waals surface area contributed by atoms with Crippen molar-refractivity contribution in [1.29, 1.82) is 0 Å². The Hall–Kier alpha value is -1.59. The molecule has 0 aliphatic rings. The lowest BCUT2D eigenvalue weighted by molar-refractivity contribution is -0.148. The second kappa shape index (κ2) is 6.81. The highest BCUT2D eigenvalue weighted by Crippen LogP contribution is 2.01. The quantitative estimate of drug-likeness (QED) is 0.635. The molecule has 0 bridgehead atoms. The number of carboxylic acid groups (broad SMARTS) is 1. The Balaban J connectivity index is 4.28. The van der Waals surface area contributed by atoms with Crippen LogP contribution in [0.3, 0.4) is 0 Å². The van der Waals surface area contributed by atoms with E-state index < -0.39 is 18.0 Å². The van der Waals surface area contributed by atoms with Gasteiger partial charge in [-0.25, -0.2) is 4.79 Å². The van der Waals surface area contributed by atoms with Crippen molar-refractivity contribution in [1.82, 2.24) is 5.32 Å². The number of carbonyl (C=O) groups excluding carboxylic acids is 2. The Bertz CT molecular complexity index is 274. The van der Waals surface area contributed by atoms with Crippen molar-refractivity contribution >= 4 is 17.8 Å². The summed E-state index contributed by atoms with van der Waals surface area (Å²) < 4.78 is 4.34. The van der Waals surface area contributed by atoms with Crippen molar-refractivity contribution in [3.05, 3.63) is 0 Å². The zero-order valence-electron chi connectivity index (χ0n) is 9.65. The minimum absolute atomic E-state index is 0.132. The number of methoxy groups -OCH3 is 1. The number of hydrogen-bond donors (Lipinski definition) is 2. The van der Waals surface area contributed by atoms with Crippen LogP contribution in [0, 0.1) is 5.92 Å². The summed E-state index contributed by atoms with van der Waals surface area (Å²) in [4.78, 5) is 33.0. The maximum Gasteiger partial charge on any atom is 0.326 e. The first kappa shape index (κ1) is 14.4. The number of aliphatic carboxylic acids is 1. The molecule has 6 heteroatoms. The number of carboxylic acids is 1. The molecule has 0 aromatic heterocycles. The van der Waals surface area contributed by atoms with Crippen LogP contribution in [0.4, 0.5) is 0 Å². The maximum absolute atomic E-state index is 11.3. The minimum Gasteiger partial charge on any atom is -0.480 e. The highest BCUT2D eigenvalue weighted by molar-refractivity contribution is 5.87. The van der Waals surface area contributed by atoms with Crippen LogP contribution in [-0.4, -0.2) is 36.1 Å². The van der Waals surface area contributed by atoms with Gasteiger partial charge in [0.2, 0.25) is 5.91 Å². The topological polar surface area (TPSA) is 92.7 Å². The van der Waals surface area contributed by atoms with Crippen molar-refractivity contribution in [3.63, 3.8) is 0 Å². The predicted molar refractivity (Wildman–Crippen MR) is 55.7 cm³/mol. The van der Waals surface area contributed by atoms with Gasteiger partial charge in [-0.3, -0.25) is 9.59 Å². The van der Waals surface area contributed by atoms with Crippen LogP contribution in [0.15, 0.2) is 0 Å². The van der Waals surface area contributed by atoms with Crippen molar-refractivity contribution in [2.75, 3.05) is 7.11 Å². The van der Waals surface area contributed by atoms with Crippen LogP contribution < -0.4 is 5.32 Å². The molecular formula is C10H17NO5.